The number of nitrogens with zero attached hydrogens (tertiary/aromatic N) is 4. The van der Waals surface area contributed by atoms with E-state index in [0.717, 1.165) is 37.8 Å². The minimum absolute atomic E-state index is 0.0398. The fraction of sp³-hybridized carbons (Fsp3) is 0.522. The van der Waals surface area contributed by atoms with E-state index in [0.29, 0.717) is 26.2 Å². The summed E-state index contributed by atoms with van der Waals surface area (Å²) in [5, 5.41) is 7.38. The van der Waals surface area contributed by atoms with Gasteiger partial charge in [-0.15, -0.1) is 0 Å². The second-order valence-corrected chi connectivity index (χ2v) is 8.68. The number of aromatic nitrogens is 2. The summed E-state index contributed by atoms with van der Waals surface area (Å²) in [6.45, 7) is 3.97. The van der Waals surface area contributed by atoms with Gasteiger partial charge in [-0.25, -0.2) is 8.78 Å². The van der Waals surface area contributed by atoms with Gasteiger partial charge < -0.3 is 10.2 Å². The molecule has 0 radical (unpaired) electrons. The van der Waals surface area contributed by atoms with E-state index in [1.54, 1.807) is 18.1 Å². The SMILES string of the molecule is CC(C(=O)NC1CCCC1)N1CCN(C(=O)c2cn(C)nc2-c2ccc(F)cc2F)CC1. The predicted octanol–water partition coefficient (Wildman–Crippen LogP) is 2.57. The van der Waals surface area contributed by atoms with Crippen LogP contribution in [0.2, 0.25) is 0 Å². The van der Waals surface area contributed by atoms with Crippen LogP contribution in [0.4, 0.5) is 8.78 Å². The average molecular weight is 446 g/mol. The molecule has 1 aromatic carbocycles. The fourth-order valence-corrected chi connectivity index (χ4v) is 4.57. The molecule has 1 atom stereocenters. The second kappa shape index (κ2) is 9.36. The Labute approximate surface area is 186 Å². The van der Waals surface area contributed by atoms with Crippen molar-refractivity contribution in [3.8, 4) is 11.3 Å². The molecule has 172 valence electrons. The zero-order chi connectivity index (χ0) is 22.8. The first-order chi connectivity index (χ1) is 15.3. The molecule has 2 fully saturated rings. The minimum Gasteiger partial charge on any atom is -0.352 e. The van der Waals surface area contributed by atoms with Crippen molar-refractivity contribution in [3.63, 3.8) is 0 Å². The quantitative estimate of drug-likeness (QED) is 0.768. The first-order valence-electron chi connectivity index (χ1n) is 11.2. The molecule has 1 aromatic heterocycles. The van der Waals surface area contributed by atoms with Crippen LogP contribution in [-0.4, -0.2) is 69.7 Å². The number of hydrogen-bond acceptors (Lipinski definition) is 4. The van der Waals surface area contributed by atoms with Crippen molar-refractivity contribution in [1.82, 2.24) is 24.9 Å². The van der Waals surface area contributed by atoms with E-state index >= 15 is 0 Å². The van der Waals surface area contributed by atoms with E-state index < -0.39 is 11.6 Å². The highest BCUT2D eigenvalue weighted by molar-refractivity contribution is 6.00. The lowest BCUT2D eigenvalue weighted by Crippen LogP contribution is -2.55. The normalized spacial score (nSPS) is 18.7. The van der Waals surface area contributed by atoms with Crippen LogP contribution in [0, 0.1) is 11.6 Å². The van der Waals surface area contributed by atoms with Crippen LogP contribution in [0.25, 0.3) is 11.3 Å². The number of aryl methyl sites for hydroxylation is 1. The van der Waals surface area contributed by atoms with Crippen molar-refractivity contribution >= 4 is 11.8 Å². The molecule has 1 aliphatic heterocycles. The third kappa shape index (κ3) is 4.67. The standard InChI is InChI=1S/C23H29F2N5O2/c1-15(22(31)26-17-5-3-4-6-17)29-9-11-30(12-10-29)23(32)19-14-28(2)27-21(19)18-8-7-16(24)13-20(18)25/h7-8,13-15,17H,3-6,9-12H2,1-2H3,(H,26,31). The maximum atomic E-state index is 14.3. The lowest BCUT2D eigenvalue weighted by atomic mass is 10.1. The third-order valence-corrected chi connectivity index (χ3v) is 6.48. The van der Waals surface area contributed by atoms with Crippen LogP contribution >= 0.6 is 0 Å². The van der Waals surface area contributed by atoms with E-state index in [9.17, 15) is 18.4 Å². The smallest absolute Gasteiger partial charge is 0.257 e. The van der Waals surface area contributed by atoms with Crippen LogP contribution < -0.4 is 5.32 Å². The van der Waals surface area contributed by atoms with E-state index in [-0.39, 0.29) is 40.7 Å². The van der Waals surface area contributed by atoms with Gasteiger partial charge in [0, 0.05) is 57.1 Å². The summed E-state index contributed by atoms with van der Waals surface area (Å²) in [4.78, 5) is 29.6. The Morgan fingerprint density at radius 3 is 2.47 bits per heavy atom. The van der Waals surface area contributed by atoms with Gasteiger partial charge in [0.25, 0.3) is 5.91 Å². The topological polar surface area (TPSA) is 70.5 Å². The summed E-state index contributed by atoms with van der Waals surface area (Å²) in [5.41, 5.74) is 0.561. The molecule has 2 amide bonds. The van der Waals surface area contributed by atoms with E-state index in [2.05, 4.69) is 15.3 Å². The summed E-state index contributed by atoms with van der Waals surface area (Å²) in [6, 6.07) is 3.26. The maximum Gasteiger partial charge on any atom is 0.257 e. The van der Waals surface area contributed by atoms with Crippen molar-refractivity contribution in [3.05, 3.63) is 41.6 Å². The number of carbonyl (C=O) groups excluding carboxylic acids is 2. The zero-order valence-electron chi connectivity index (χ0n) is 18.5. The molecule has 1 unspecified atom stereocenters. The van der Waals surface area contributed by atoms with Crippen molar-refractivity contribution in [2.45, 2.75) is 44.7 Å². The molecule has 1 saturated carbocycles. The van der Waals surface area contributed by atoms with E-state index in [1.165, 1.54) is 10.7 Å². The Morgan fingerprint density at radius 2 is 1.81 bits per heavy atom. The first kappa shape index (κ1) is 22.4. The second-order valence-electron chi connectivity index (χ2n) is 8.68. The van der Waals surface area contributed by atoms with Gasteiger partial charge in [-0.05, 0) is 31.9 Å². The summed E-state index contributed by atoms with van der Waals surface area (Å²) < 4.78 is 29.1. The van der Waals surface area contributed by atoms with Gasteiger partial charge in [0.05, 0.1) is 11.6 Å². The Morgan fingerprint density at radius 1 is 1.12 bits per heavy atom. The molecule has 9 heteroatoms. The fourth-order valence-electron chi connectivity index (χ4n) is 4.57. The first-order valence-corrected chi connectivity index (χ1v) is 11.2. The van der Waals surface area contributed by atoms with Gasteiger partial charge in [-0.1, -0.05) is 12.8 Å². The zero-order valence-corrected chi connectivity index (χ0v) is 18.5. The summed E-state index contributed by atoms with van der Waals surface area (Å²) in [7, 11) is 1.66. The number of nitrogens with one attached hydrogen (secondary N) is 1. The minimum atomic E-state index is -0.760. The van der Waals surface area contributed by atoms with Crippen LogP contribution in [-0.2, 0) is 11.8 Å². The molecule has 2 heterocycles. The molecule has 1 N–H and O–H groups in total. The monoisotopic (exact) mass is 445 g/mol. The van der Waals surface area contributed by atoms with Crippen molar-refractivity contribution < 1.29 is 18.4 Å². The third-order valence-electron chi connectivity index (χ3n) is 6.48. The number of carbonyl (C=O) groups is 2. The molecular formula is C23H29F2N5O2. The number of halogens is 2. The molecule has 4 rings (SSSR count). The van der Waals surface area contributed by atoms with Gasteiger partial charge in [0.15, 0.2) is 0 Å². The van der Waals surface area contributed by atoms with Crippen LogP contribution in [0.3, 0.4) is 0 Å². The molecule has 32 heavy (non-hydrogen) atoms. The lowest BCUT2D eigenvalue weighted by Gasteiger charge is -2.37. The van der Waals surface area contributed by atoms with Crippen LogP contribution in [0.15, 0.2) is 24.4 Å². The highest BCUT2D eigenvalue weighted by Gasteiger charge is 2.31. The summed E-state index contributed by atoms with van der Waals surface area (Å²) in [5.74, 6) is -1.65. The molecular weight excluding hydrogens is 416 g/mol. The molecule has 1 saturated heterocycles. The van der Waals surface area contributed by atoms with Crippen molar-refractivity contribution in [2.75, 3.05) is 26.2 Å². The molecule has 0 bridgehead atoms. The Kier molecular flexibility index (Phi) is 6.55. The van der Waals surface area contributed by atoms with Crippen LogP contribution in [0.5, 0.6) is 0 Å². The lowest BCUT2D eigenvalue weighted by molar-refractivity contribution is -0.127. The van der Waals surface area contributed by atoms with Crippen LogP contribution in [0.1, 0.15) is 43.0 Å². The van der Waals surface area contributed by atoms with Gasteiger partial charge in [0.1, 0.15) is 17.3 Å². The molecule has 1 aliphatic carbocycles. The Balaban J connectivity index is 1.41. The van der Waals surface area contributed by atoms with E-state index in [1.807, 2.05) is 6.92 Å². The number of hydrogen-bond donors (Lipinski definition) is 1. The molecule has 0 spiro atoms. The van der Waals surface area contributed by atoms with Gasteiger partial charge in [0.2, 0.25) is 5.91 Å². The Bertz CT molecular complexity index is 994. The summed E-state index contributed by atoms with van der Waals surface area (Å²) in [6.07, 6.45) is 5.98. The highest BCUT2D eigenvalue weighted by atomic mass is 19.1. The molecule has 2 aliphatic rings. The number of piperazine rings is 1. The summed E-state index contributed by atoms with van der Waals surface area (Å²) >= 11 is 0. The molecule has 2 aromatic rings. The molecule has 7 nitrogen and oxygen atoms in total. The van der Waals surface area contributed by atoms with E-state index in [4.69, 9.17) is 0 Å². The van der Waals surface area contributed by atoms with Crippen molar-refractivity contribution in [2.24, 2.45) is 7.05 Å². The van der Waals surface area contributed by atoms with Gasteiger partial charge in [-0.3, -0.25) is 19.2 Å². The number of rotatable bonds is 5. The maximum absolute atomic E-state index is 14.3. The highest BCUT2D eigenvalue weighted by Crippen LogP contribution is 2.27. The predicted molar refractivity (Wildman–Crippen MR) is 116 cm³/mol. The van der Waals surface area contributed by atoms with Crippen molar-refractivity contribution in [1.29, 1.82) is 0 Å². The largest absolute Gasteiger partial charge is 0.352 e. The Hall–Kier alpha value is -2.81. The van der Waals surface area contributed by atoms with Gasteiger partial charge >= 0.3 is 0 Å². The number of benzene rings is 1. The average Bonchev–Trinajstić information content (AvgIpc) is 3.42. The number of amides is 2. The van der Waals surface area contributed by atoms with Gasteiger partial charge in [-0.2, -0.15) is 5.10 Å².